The molecule has 0 spiro atoms. The molecule has 1 aromatic rings. The van der Waals surface area contributed by atoms with E-state index in [0.717, 1.165) is 69.4 Å². The molecule has 0 bridgehead atoms. The minimum absolute atomic E-state index is 0. The van der Waals surface area contributed by atoms with Gasteiger partial charge in [0, 0.05) is 37.9 Å². The quantitative estimate of drug-likeness (QED) is 0.207. The summed E-state index contributed by atoms with van der Waals surface area (Å²) < 4.78 is 11.0. The highest BCUT2D eigenvalue weighted by molar-refractivity contribution is 14.0. The summed E-state index contributed by atoms with van der Waals surface area (Å²) in [5, 5.41) is 16.2. The Bertz CT molecular complexity index is 593. The first-order valence-electron chi connectivity index (χ1n) is 9.92. The fourth-order valence-corrected chi connectivity index (χ4v) is 3.09. The van der Waals surface area contributed by atoms with Gasteiger partial charge in [0.05, 0.1) is 19.8 Å². The van der Waals surface area contributed by atoms with E-state index in [-0.39, 0.29) is 30.1 Å². The highest BCUT2D eigenvalue weighted by Gasteiger charge is 2.16. The number of rotatable bonds is 9. The number of guanidine groups is 1. The van der Waals surface area contributed by atoms with Crippen molar-refractivity contribution in [3.63, 3.8) is 0 Å². The van der Waals surface area contributed by atoms with Crippen LogP contribution < -0.4 is 20.1 Å². The number of aliphatic hydroxyl groups is 1. The second-order valence-corrected chi connectivity index (χ2v) is 6.61. The number of halogens is 1. The van der Waals surface area contributed by atoms with Gasteiger partial charge in [0.2, 0.25) is 0 Å². The smallest absolute Gasteiger partial charge is 0.195 e. The van der Waals surface area contributed by atoms with E-state index in [9.17, 15) is 5.11 Å². The fourth-order valence-electron chi connectivity index (χ4n) is 3.09. The van der Waals surface area contributed by atoms with E-state index in [1.54, 1.807) is 7.11 Å². The van der Waals surface area contributed by atoms with Crippen LogP contribution in [0.2, 0.25) is 0 Å². The Labute approximate surface area is 185 Å². The summed E-state index contributed by atoms with van der Waals surface area (Å²) in [4.78, 5) is 7.07. The van der Waals surface area contributed by atoms with Crippen LogP contribution in [0.3, 0.4) is 0 Å². The summed E-state index contributed by atoms with van der Waals surface area (Å²) >= 11 is 0. The number of aliphatic imine (C=N–C) groups is 1. The molecule has 0 aliphatic carbocycles. The van der Waals surface area contributed by atoms with Gasteiger partial charge >= 0.3 is 0 Å². The van der Waals surface area contributed by atoms with Crippen molar-refractivity contribution >= 4 is 35.6 Å². The lowest BCUT2D eigenvalue weighted by molar-refractivity contribution is 0.0824. The van der Waals surface area contributed by atoms with Gasteiger partial charge in [0.1, 0.15) is 0 Å². The molecule has 2 rings (SSSR count). The van der Waals surface area contributed by atoms with Gasteiger partial charge in [-0.2, -0.15) is 0 Å². The molecule has 7 nitrogen and oxygen atoms in total. The van der Waals surface area contributed by atoms with Crippen molar-refractivity contribution in [2.45, 2.75) is 39.2 Å². The maximum Gasteiger partial charge on any atom is 0.195 e. The molecule has 0 radical (unpaired) electrons. The average Bonchev–Trinajstić information content (AvgIpc) is 2.68. The normalized spacial score (nSPS) is 15.6. The lowest BCUT2D eigenvalue weighted by atomic mass is 10.1. The SMILES string of the molecule is CCNC(=NCCCN1CCC(O)CC1)Nc1ccc(OCC)c(OC)c1.I. The number of ether oxygens (including phenoxy) is 2. The first-order chi connectivity index (χ1) is 13.2. The van der Waals surface area contributed by atoms with Gasteiger partial charge in [-0.3, -0.25) is 4.99 Å². The molecule has 3 N–H and O–H groups in total. The summed E-state index contributed by atoms with van der Waals surface area (Å²) in [6.45, 7) is 9.13. The molecule has 0 aromatic heterocycles. The van der Waals surface area contributed by atoms with Crippen molar-refractivity contribution in [3.05, 3.63) is 18.2 Å². The van der Waals surface area contributed by atoms with Crippen LogP contribution >= 0.6 is 24.0 Å². The summed E-state index contributed by atoms with van der Waals surface area (Å²) in [5.74, 6) is 2.20. The van der Waals surface area contributed by atoms with Crippen LogP contribution in [0.4, 0.5) is 5.69 Å². The van der Waals surface area contributed by atoms with Gasteiger partial charge in [0.15, 0.2) is 17.5 Å². The molecule has 1 saturated heterocycles. The molecule has 1 aliphatic heterocycles. The minimum Gasteiger partial charge on any atom is -0.493 e. The summed E-state index contributed by atoms with van der Waals surface area (Å²) in [6.07, 6.45) is 2.65. The van der Waals surface area contributed by atoms with Crippen LogP contribution in [0, 0.1) is 0 Å². The second kappa shape index (κ2) is 13.8. The Morgan fingerprint density at radius 3 is 2.64 bits per heavy atom. The van der Waals surface area contributed by atoms with Crippen LogP contribution in [0.25, 0.3) is 0 Å². The molecule has 0 unspecified atom stereocenters. The zero-order valence-electron chi connectivity index (χ0n) is 17.2. The summed E-state index contributed by atoms with van der Waals surface area (Å²) in [6, 6.07) is 5.77. The number of piperidine rings is 1. The Morgan fingerprint density at radius 1 is 1.25 bits per heavy atom. The van der Waals surface area contributed by atoms with E-state index < -0.39 is 0 Å². The molecule has 0 amide bonds. The number of hydrogen-bond acceptors (Lipinski definition) is 5. The van der Waals surface area contributed by atoms with Gasteiger partial charge in [0.25, 0.3) is 0 Å². The van der Waals surface area contributed by atoms with E-state index in [0.29, 0.717) is 12.4 Å². The molecular weight excluding hydrogens is 471 g/mol. The molecule has 0 saturated carbocycles. The zero-order valence-corrected chi connectivity index (χ0v) is 19.6. The van der Waals surface area contributed by atoms with Crippen molar-refractivity contribution in [3.8, 4) is 11.5 Å². The fraction of sp³-hybridized carbons (Fsp3) is 0.650. The highest BCUT2D eigenvalue weighted by Crippen LogP contribution is 2.30. The summed E-state index contributed by atoms with van der Waals surface area (Å²) in [5.41, 5.74) is 0.903. The van der Waals surface area contributed by atoms with Crippen molar-refractivity contribution in [1.82, 2.24) is 10.2 Å². The lowest BCUT2D eigenvalue weighted by Gasteiger charge is -2.29. The number of aliphatic hydroxyl groups excluding tert-OH is 1. The van der Waals surface area contributed by atoms with Crippen molar-refractivity contribution in [2.75, 3.05) is 51.8 Å². The van der Waals surface area contributed by atoms with Crippen LogP contribution in [-0.2, 0) is 0 Å². The van der Waals surface area contributed by atoms with Crippen LogP contribution in [-0.4, -0.2) is 68.5 Å². The van der Waals surface area contributed by atoms with Gasteiger partial charge < -0.3 is 30.1 Å². The Morgan fingerprint density at radius 2 is 2.00 bits per heavy atom. The van der Waals surface area contributed by atoms with Gasteiger partial charge in [-0.1, -0.05) is 0 Å². The minimum atomic E-state index is -0.116. The number of nitrogens with zero attached hydrogens (tertiary/aromatic N) is 2. The van der Waals surface area contributed by atoms with Gasteiger partial charge in [-0.15, -0.1) is 24.0 Å². The maximum atomic E-state index is 9.57. The average molecular weight is 506 g/mol. The Balaban J connectivity index is 0.00000392. The first kappa shape index (κ1) is 24.8. The molecule has 1 aliphatic rings. The highest BCUT2D eigenvalue weighted by atomic mass is 127. The molecule has 1 heterocycles. The van der Waals surface area contributed by atoms with Crippen molar-refractivity contribution < 1.29 is 14.6 Å². The Kier molecular flexibility index (Phi) is 12.2. The van der Waals surface area contributed by atoms with Crippen molar-refractivity contribution in [2.24, 2.45) is 4.99 Å². The molecular formula is C20H35IN4O3. The number of anilines is 1. The van der Waals surface area contributed by atoms with E-state index in [1.165, 1.54) is 0 Å². The first-order valence-corrected chi connectivity index (χ1v) is 9.92. The Hall–Kier alpha value is -1.26. The van der Waals surface area contributed by atoms with Crippen LogP contribution in [0.15, 0.2) is 23.2 Å². The number of benzene rings is 1. The third kappa shape index (κ3) is 8.40. The standard InChI is InChI=1S/C20H34N4O3.HI/c1-4-21-20(22-11-6-12-24-13-9-17(25)10-14-24)23-16-7-8-18(27-5-2)19(15-16)26-3;/h7-8,15,17,25H,4-6,9-14H2,1-3H3,(H2,21,22,23);1H. The van der Waals surface area contributed by atoms with E-state index in [1.807, 2.05) is 25.1 Å². The predicted molar refractivity (Wildman–Crippen MR) is 125 cm³/mol. The van der Waals surface area contributed by atoms with Crippen LogP contribution in [0.5, 0.6) is 11.5 Å². The third-order valence-electron chi connectivity index (χ3n) is 4.53. The van der Waals surface area contributed by atoms with Crippen LogP contribution in [0.1, 0.15) is 33.1 Å². The second-order valence-electron chi connectivity index (χ2n) is 6.61. The summed E-state index contributed by atoms with van der Waals surface area (Å²) in [7, 11) is 1.64. The topological polar surface area (TPSA) is 78.4 Å². The monoisotopic (exact) mass is 506 g/mol. The maximum absolute atomic E-state index is 9.57. The molecule has 1 aromatic carbocycles. The number of methoxy groups -OCH3 is 1. The molecule has 8 heteroatoms. The zero-order chi connectivity index (χ0) is 19.5. The van der Waals surface area contributed by atoms with E-state index >= 15 is 0 Å². The molecule has 160 valence electrons. The number of likely N-dealkylation sites (tertiary alicyclic amines) is 1. The molecule has 28 heavy (non-hydrogen) atoms. The van der Waals surface area contributed by atoms with Gasteiger partial charge in [-0.25, -0.2) is 0 Å². The van der Waals surface area contributed by atoms with E-state index in [4.69, 9.17) is 9.47 Å². The third-order valence-corrected chi connectivity index (χ3v) is 4.53. The molecule has 0 atom stereocenters. The number of nitrogens with one attached hydrogen (secondary N) is 2. The largest absolute Gasteiger partial charge is 0.493 e. The number of hydrogen-bond donors (Lipinski definition) is 3. The van der Waals surface area contributed by atoms with Gasteiger partial charge in [-0.05, 0) is 51.8 Å². The lowest BCUT2D eigenvalue weighted by Crippen LogP contribution is -2.36. The molecule has 1 fully saturated rings. The van der Waals surface area contributed by atoms with E-state index in [2.05, 4.69) is 27.4 Å². The predicted octanol–water partition coefficient (Wildman–Crippen LogP) is 2.94. The van der Waals surface area contributed by atoms with Crippen molar-refractivity contribution in [1.29, 1.82) is 0 Å².